The van der Waals surface area contributed by atoms with Crippen LogP contribution in [0.5, 0.6) is 0 Å². The maximum atomic E-state index is 12.9. The van der Waals surface area contributed by atoms with Gasteiger partial charge in [-0.1, -0.05) is 23.7 Å². The molecule has 1 atom stereocenters. The fourth-order valence-corrected chi connectivity index (χ4v) is 5.61. The number of carbonyl (C=O) groups is 1. The van der Waals surface area contributed by atoms with E-state index in [1.165, 1.54) is 0 Å². The van der Waals surface area contributed by atoms with Crippen LogP contribution in [0.25, 0.3) is 10.8 Å². The van der Waals surface area contributed by atoms with Gasteiger partial charge in [-0.15, -0.1) is 0 Å². The number of hydrogen-bond acceptors (Lipinski definition) is 6. The molecule has 2 aromatic carbocycles. The number of nitrogens with zero attached hydrogens (tertiary/aromatic N) is 3. The molecule has 0 aliphatic carbocycles. The smallest absolute Gasteiger partial charge is 0.224 e. The van der Waals surface area contributed by atoms with Crippen LogP contribution >= 0.6 is 11.6 Å². The molecule has 1 saturated heterocycles. The minimum atomic E-state index is -3.64. The molecule has 1 fully saturated rings. The van der Waals surface area contributed by atoms with Crippen LogP contribution in [0.4, 0.5) is 5.69 Å². The number of anilines is 1. The molecule has 2 heterocycles. The highest BCUT2D eigenvalue weighted by Crippen LogP contribution is 2.24. The van der Waals surface area contributed by atoms with Gasteiger partial charge >= 0.3 is 0 Å². The number of hydrogen-bond donors (Lipinski definition) is 1. The molecule has 1 N–H and O–H groups in total. The van der Waals surface area contributed by atoms with E-state index in [1.54, 1.807) is 47.5 Å². The largest absolute Gasteiger partial charge is 0.394 e. The molecular weight excluding hydrogens is 462 g/mol. The number of sulfone groups is 1. The lowest BCUT2D eigenvalue weighted by Gasteiger charge is -2.41. The molecule has 1 aliphatic heterocycles. The van der Waals surface area contributed by atoms with Gasteiger partial charge in [0.05, 0.1) is 23.3 Å². The second kappa shape index (κ2) is 9.67. The van der Waals surface area contributed by atoms with Crippen LogP contribution in [0.3, 0.4) is 0 Å². The number of piperazine rings is 1. The summed E-state index contributed by atoms with van der Waals surface area (Å²) in [6, 6.07) is 13.6. The first kappa shape index (κ1) is 23.5. The summed E-state index contributed by atoms with van der Waals surface area (Å²) in [5, 5.41) is 12.1. The Balaban J connectivity index is 1.42. The standard InChI is InChI=1S/C24H26ClN3O4S/c1-17-12-21(6-8-26-17)27-9-10-28(22(15-27)16-29)24(30)7-11-33(31,32)23-5-3-18-13-20(25)4-2-19(18)14-23/h2-6,8,12-14,22,29H,7,9-11,15-16H2,1H3. The van der Waals surface area contributed by atoms with Crippen molar-refractivity contribution in [3.8, 4) is 0 Å². The molecule has 1 aromatic heterocycles. The number of aliphatic hydroxyl groups excluding tert-OH is 1. The molecule has 9 heteroatoms. The van der Waals surface area contributed by atoms with Gasteiger partial charge < -0.3 is 14.9 Å². The fraction of sp³-hybridized carbons (Fsp3) is 0.333. The summed E-state index contributed by atoms with van der Waals surface area (Å²) in [5.74, 6) is -0.553. The normalized spacial score (nSPS) is 16.9. The van der Waals surface area contributed by atoms with Crippen molar-refractivity contribution in [2.75, 3.05) is 36.9 Å². The van der Waals surface area contributed by atoms with E-state index in [1.807, 2.05) is 19.1 Å². The van der Waals surface area contributed by atoms with Gasteiger partial charge in [-0.3, -0.25) is 9.78 Å². The summed E-state index contributed by atoms with van der Waals surface area (Å²) >= 11 is 6.00. The molecule has 7 nitrogen and oxygen atoms in total. The zero-order valence-corrected chi connectivity index (χ0v) is 19.9. The first-order chi connectivity index (χ1) is 15.8. The second-order valence-electron chi connectivity index (χ2n) is 8.25. The number of halogens is 1. The topological polar surface area (TPSA) is 90.8 Å². The van der Waals surface area contributed by atoms with Gasteiger partial charge in [0, 0.05) is 48.7 Å². The Hall–Kier alpha value is -2.68. The first-order valence-electron chi connectivity index (χ1n) is 10.8. The van der Waals surface area contributed by atoms with Crippen molar-refractivity contribution in [1.82, 2.24) is 9.88 Å². The Kier molecular flexibility index (Phi) is 6.88. The molecule has 4 rings (SSSR count). The Morgan fingerprint density at radius 3 is 2.64 bits per heavy atom. The zero-order valence-electron chi connectivity index (χ0n) is 18.3. The molecule has 1 amide bonds. The van der Waals surface area contributed by atoms with E-state index in [9.17, 15) is 18.3 Å². The number of pyridine rings is 1. The van der Waals surface area contributed by atoms with E-state index >= 15 is 0 Å². The van der Waals surface area contributed by atoms with E-state index in [0.717, 1.165) is 22.2 Å². The van der Waals surface area contributed by atoms with Crippen LogP contribution < -0.4 is 4.90 Å². The van der Waals surface area contributed by atoms with Gasteiger partial charge in [0.15, 0.2) is 9.84 Å². The number of benzene rings is 2. The van der Waals surface area contributed by atoms with Crippen molar-refractivity contribution in [2.24, 2.45) is 0 Å². The Bertz CT molecular complexity index is 1280. The zero-order chi connectivity index (χ0) is 23.6. The third kappa shape index (κ3) is 5.29. The average Bonchev–Trinajstić information content (AvgIpc) is 2.81. The molecule has 1 unspecified atom stereocenters. The van der Waals surface area contributed by atoms with Crippen LogP contribution in [0.15, 0.2) is 59.6 Å². The molecule has 1 aliphatic rings. The summed E-state index contributed by atoms with van der Waals surface area (Å²) in [5.41, 5.74) is 1.89. The van der Waals surface area contributed by atoms with Gasteiger partial charge in [-0.05, 0) is 54.1 Å². The fourth-order valence-electron chi connectivity index (χ4n) is 4.17. The SMILES string of the molecule is Cc1cc(N2CCN(C(=O)CCS(=O)(=O)c3ccc4cc(Cl)ccc4c3)C(CO)C2)ccn1. The van der Waals surface area contributed by atoms with E-state index < -0.39 is 15.9 Å². The molecule has 3 aromatic rings. The maximum Gasteiger partial charge on any atom is 0.224 e. The number of aliphatic hydroxyl groups is 1. The van der Waals surface area contributed by atoms with Crippen molar-refractivity contribution in [3.05, 3.63) is 65.4 Å². The third-order valence-electron chi connectivity index (χ3n) is 5.98. The monoisotopic (exact) mass is 487 g/mol. The van der Waals surface area contributed by atoms with E-state index in [0.29, 0.717) is 24.7 Å². The highest BCUT2D eigenvalue weighted by molar-refractivity contribution is 7.91. The molecular formula is C24H26ClN3O4S. The predicted molar refractivity (Wildman–Crippen MR) is 129 cm³/mol. The highest BCUT2D eigenvalue weighted by Gasteiger charge is 2.31. The maximum absolute atomic E-state index is 12.9. The number of amides is 1. The quantitative estimate of drug-likeness (QED) is 0.574. The second-order valence-corrected chi connectivity index (χ2v) is 10.8. The number of aromatic nitrogens is 1. The van der Waals surface area contributed by atoms with E-state index in [4.69, 9.17) is 11.6 Å². The third-order valence-corrected chi connectivity index (χ3v) is 7.93. The van der Waals surface area contributed by atoms with Crippen molar-refractivity contribution < 1.29 is 18.3 Å². The minimum Gasteiger partial charge on any atom is -0.394 e. The molecule has 0 spiro atoms. The molecule has 0 saturated carbocycles. The van der Waals surface area contributed by atoms with Crippen LogP contribution in [-0.4, -0.2) is 67.4 Å². The highest BCUT2D eigenvalue weighted by atomic mass is 35.5. The molecule has 0 radical (unpaired) electrons. The van der Waals surface area contributed by atoms with Gasteiger partial charge in [-0.2, -0.15) is 0 Å². The van der Waals surface area contributed by atoms with E-state index in [-0.39, 0.29) is 29.6 Å². The molecule has 0 bridgehead atoms. The number of carbonyl (C=O) groups excluding carboxylic acids is 1. The summed E-state index contributed by atoms with van der Waals surface area (Å²) in [6.07, 6.45) is 1.61. The number of aryl methyl sites for hydroxylation is 1. The van der Waals surface area contributed by atoms with Crippen molar-refractivity contribution in [2.45, 2.75) is 24.3 Å². The Morgan fingerprint density at radius 1 is 1.12 bits per heavy atom. The summed E-state index contributed by atoms with van der Waals surface area (Å²) in [4.78, 5) is 21.0. The van der Waals surface area contributed by atoms with Gasteiger partial charge in [0.25, 0.3) is 0 Å². The lowest BCUT2D eigenvalue weighted by Crippen LogP contribution is -2.57. The minimum absolute atomic E-state index is 0.133. The summed E-state index contributed by atoms with van der Waals surface area (Å²) < 4.78 is 25.8. The van der Waals surface area contributed by atoms with Crippen LogP contribution in [0, 0.1) is 6.92 Å². The lowest BCUT2D eigenvalue weighted by molar-refractivity contribution is -0.134. The van der Waals surface area contributed by atoms with Crippen LogP contribution in [0.2, 0.25) is 5.02 Å². The number of rotatable bonds is 6. The van der Waals surface area contributed by atoms with Crippen LogP contribution in [-0.2, 0) is 14.6 Å². The van der Waals surface area contributed by atoms with Gasteiger partial charge in [0.2, 0.25) is 5.91 Å². The van der Waals surface area contributed by atoms with Crippen LogP contribution in [0.1, 0.15) is 12.1 Å². The lowest BCUT2D eigenvalue weighted by atomic mass is 10.1. The van der Waals surface area contributed by atoms with Crippen molar-refractivity contribution in [1.29, 1.82) is 0 Å². The van der Waals surface area contributed by atoms with Gasteiger partial charge in [-0.25, -0.2) is 8.42 Å². The Labute approximate surface area is 198 Å². The predicted octanol–water partition coefficient (Wildman–Crippen LogP) is 3.07. The first-order valence-corrected chi connectivity index (χ1v) is 12.8. The van der Waals surface area contributed by atoms with Crippen molar-refractivity contribution >= 4 is 43.8 Å². The van der Waals surface area contributed by atoms with Gasteiger partial charge in [0.1, 0.15) is 0 Å². The number of fused-ring (bicyclic) bond motifs is 1. The molecule has 174 valence electrons. The molecule has 33 heavy (non-hydrogen) atoms. The summed E-state index contributed by atoms with van der Waals surface area (Å²) in [7, 11) is -3.64. The average molecular weight is 488 g/mol. The van der Waals surface area contributed by atoms with E-state index in [2.05, 4.69) is 9.88 Å². The van der Waals surface area contributed by atoms with Crippen molar-refractivity contribution in [3.63, 3.8) is 0 Å². The Morgan fingerprint density at radius 2 is 1.88 bits per heavy atom. The summed E-state index contributed by atoms with van der Waals surface area (Å²) in [6.45, 7) is 3.23.